The van der Waals surface area contributed by atoms with Crippen molar-refractivity contribution in [2.24, 2.45) is 5.73 Å². The molecule has 0 saturated carbocycles. The molecule has 0 aliphatic heterocycles. The zero-order chi connectivity index (χ0) is 8.43. The Morgan fingerprint density at radius 1 is 1.64 bits per heavy atom. The summed E-state index contributed by atoms with van der Waals surface area (Å²) in [6.07, 6.45) is 1.54. The van der Waals surface area contributed by atoms with E-state index in [2.05, 4.69) is 4.98 Å². The van der Waals surface area contributed by atoms with E-state index in [1.165, 1.54) is 6.20 Å². The van der Waals surface area contributed by atoms with Crippen LogP contribution in [0.1, 0.15) is 16.1 Å². The van der Waals surface area contributed by atoms with E-state index in [1.54, 1.807) is 13.0 Å². The van der Waals surface area contributed by atoms with Gasteiger partial charge in [-0.25, -0.2) is 0 Å². The fourth-order valence-corrected chi connectivity index (χ4v) is 0.907. The molecule has 1 aromatic heterocycles. The van der Waals surface area contributed by atoms with Crippen LogP contribution >= 0.6 is 0 Å². The highest BCUT2D eigenvalue weighted by Gasteiger charge is 2.08. The number of carbonyl (C=O) groups is 1. The third kappa shape index (κ3) is 1.29. The van der Waals surface area contributed by atoms with E-state index in [0.717, 1.165) is 0 Å². The second kappa shape index (κ2) is 2.57. The average molecular weight is 151 g/mol. The highest BCUT2D eigenvalue weighted by molar-refractivity contribution is 5.98. The summed E-state index contributed by atoms with van der Waals surface area (Å²) in [4.78, 5) is 14.6. The van der Waals surface area contributed by atoms with Crippen molar-refractivity contribution >= 4 is 11.6 Å². The van der Waals surface area contributed by atoms with Gasteiger partial charge in [0.05, 0.1) is 11.3 Å². The fraction of sp³-hybridized carbons (Fsp3) is 0.143. The van der Waals surface area contributed by atoms with Gasteiger partial charge in [-0.2, -0.15) is 0 Å². The van der Waals surface area contributed by atoms with Crippen LogP contribution < -0.4 is 11.5 Å². The molecule has 0 spiro atoms. The van der Waals surface area contributed by atoms with Crippen LogP contribution in [0, 0.1) is 6.92 Å². The second-order valence-electron chi connectivity index (χ2n) is 2.22. The van der Waals surface area contributed by atoms with Crippen molar-refractivity contribution in [1.29, 1.82) is 0 Å². The molecule has 0 unspecified atom stereocenters. The normalized spacial score (nSPS) is 9.55. The number of pyridine rings is 1. The van der Waals surface area contributed by atoms with E-state index in [4.69, 9.17) is 11.5 Å². The summed E-state index contributed by atoms with van der Waals surface area (Å²) in [5.41, 5.74) is 11.8. The molecule has 0 atom stereocenters. The largest absolute Gasteiger partial charge is 0.398 e. The van der Waals surface area contributed by atoms with E-state index in [0.29, 0.717) is 16.9 Å². The van der Waals surface area contributed by atoms with Crippen molar-refractivity contribution in [3.8, 4) is 0 Å². The predicted molar refractivity (Wildman–Crippen MR) is 41.9 cm³/mol. The van der Waals surface area contributed by atoms with E-state index < -0.39 is 5.91 Å². The molecule has 0 aliphatic carbocycles. The Morgan fingerprint density at radius 2 is 2.27 bits per heavy atom. The van der Waals surface area contributed by atoms with Gasteiger partial charge in [0.1, 0.15) is 0 Å². The summed E-state index contributed by atoms with van der Waals surface area (Å²) in [6, 6.07) is 1.55. The van der Waals surface area contributed by atoms with Crippen molar-refractivity contribution in [1.82, 2.24) is 4.98 Å². The molecular weight excluding hydrogens is 142 g/mol. The minimum Gasteiger partial charge on any atom is -0.398 e. The van der Waals surface area contributed by atoms with E-state index >= 15 is 0 Å². The lowest BCUT2D eigenvalue weighted by molar-refractivity contribution is 0.1000. The molecule has 0 saturated heterocycles. The van der Waals surface area contributed by atoms with Crippen LogP contribution in [0.25, 0.3) is 0 Å². The molecule has 0 fully saturated rings. The lowest BCUT2D eigenvalue weighted by Gasteiger charge is -2.02. The topological polar surface area (TPSA) is 82.0 Å². The number of nitrogens with zero attached hydrogens (tertiary/aromatic N) is 1. The molecule has 0 radical (unpaired) electrons. The lowest BCUT2D eigenvalue weighted by atomic mass is 10.1. The maximum Gasteiger partial charge on any atom is 0.252 e. The molecule has 1 rings (SSSR count). The van der Waals surface area contributed by atoms with Gasteiger partial charge in [0.15, 0.2) is 0 Å². The molecule has 0 aromatic carbocycles. The minimum absolute atomic E-state index is 0.313. The zero-order valence-corrected chi connectivity index (χ0v) is 6.16. The molecule has 4 N–H and O–H groups in total. The Hall–Kier alpha value is -1.58. The molecule has 11 heavy (non-hydrogen) atoms. The van der Waals surface area contributed by atoms with Crippen molar-refractivity contribution in [2.75, 3.05) is 5.73 Å². The molecule has 1 heterocycles. The van der Waals surface area contributed by atoms with Crippen LogP contribution in [-0.2, 0) is 0 Å². The van der Waals surface area contributed by atoms with Gasteiger partial charge >= 0.3 is 0 Å². The standard InChI is InChI=1S/C7H9N3O/c1-4-6(7(9)11)5(8)2-3-10-4/h2-3H,1H3,(H2,8,10)(H2,9,11). The number of rotatable bonds is 1. The lowest BCUT2D eigenvalue weighted by Crippen LogP contribution is -2.15. The number of aryl methyl sites for hydroxylation is 1. The number of amides is 1. The van der Waals surface area contributed by atoms with Gasteiger partial charge in [-0.05, 0) is 13.0 Å². The number of nitrogens with two attached hydrogens (primary N) is 2. The Bertz CT molecular complexity index is 275. The number of hydrogen-bond acceptors (Lipinski definition) is 3. The smallest absolute Gasteiger partial charge is 0.252 e. The maximum atomic E-state index is 10.7. The number of aromatic nitrogens is 1. The number of carbonyl (C=O) groups excluding carboxylic acids is 1. The Morgan fingerprint density at radius 3 is 2.64 bits per heavy atom. The second-order valence-corrected chi connectivity index (χ2v) is 2.22. The van der Waals surface area contributed by atoms with Crippen molar-refractivity contribution < 1.29 is 4.79 Å². The van der Waals surface area contributed by atoms with Crippen LogP contribution in [0.3, 0.4) is 0 Å². The summed E-state index contributed by atoms with van der Waals surface area (Å²) in [5.74, 6) is -0.534. The van der Waals surface area contributed by atoms with Crippen LogP contribution in [0.2, 0.25) is 0 Å². The predicted octanol–water partition coefficient (Wildman–Crippen LogP) is 0.0711. The summed E-state index contributed by atoms with van der Waals surface area (Å²) in [6.45, 7) is 1.69. The first-order valence-corrected chi connectivity index (χ1v) is 3.14. The maximum absolute atomic E-state index is 10.7. The zero-order valence-electron chi connectivity index (χ0n) is 6.16. The molecule has 1 amide bonds. The number of primary amides is 1. The average Bonchev–Trinajstić information content (AvgIpc) is 1.85. The van der Waals surface area contributed by atoms with Gasteiger partial charge in [-0.3, -0.25) is 9.78 Å². The molecule has 4 heteroatoms. The van der Waals surface area contributed by atoms with E-state index in [9.17, 15) is 4.79 Å². The number of hydrogen-bond donors (Lipinski definition) is 2. The van der Waals surface area contributed by atoms with Crippen LogP contribution in [-0.4, -0.2) is 10.9 Å². The first-order valence-electron chi connectivity index (χ1n) is 3.14. The highest BCUT2D eigenvalue weighted by Crippen LogP contribution is 2.11. The molecule has 0 bridgehead atoms. The van der Waals surface area contributed by atoms with E-state index in [1.807, 2.05) is 0 Å². The Kier molecular flexibility index (Phi) is 1.76. The summed E-state index contributed by atoms with van der Waals surface area (Å²) >= 11 is 0. The van der Waals surface area contributed by atoms with Gasteiger partial charge < -0.3 is 11.5 Å². The first-order chi connectivity index (χ1) is 5.13. The summed E-state index contributed by atoms with van der Waals surface area (Å²) in [5, 5.41) is 0. The molecule has 58 valence electrons. The summed E-state index contributed by atoms with van der Waals surface area (Å²) < 4.78 is 0. The third-order valence-corrected chi connectivity index (χ3v) is 1.42. The fourth-order valence-electron chi connectivity index (χ4n) is 0.907. The molecular formula is C7H9N3O. The van der Waals surface area contributed by atoms with Gasteiger partial charge in [0.2, 0.25) is 0 Å². The third-order valence-electron chi connectivity index (χ3n) is 1.42. The monoisotopic (exact) mass is 151 g/mol. The van der Waals surface area contributed by atoms with Crippen LogP contribution in [0.5, 0.6) is 0 Å². The minimum atomic E-state index is -0.534. The van der Waals surface area contributed by atoms with Crippen molar-refractivity contribution in [3.63, 3.8) is 0 Å². The van der Waals surface area contributed by atoms with Crippen LogP contribution in [0.4, 0.5) is 5.69 Å². The Labute approximate surface area is 64.2 Å². The SMILES string of the molecule is Cc1nccc(N)c1C(N)=O. The van der Waals surface area contributed by atoms with Crippen LogP contribution in [0.15, 0.2) is 12.3 Å². The number of anilines is 1. The number of nitrogen functional groups attached to an aromatic ring is 1. The molecule has 4 nitrogen and oxygen atoms in total. The van der Waals surface area contributed by atoms with Gasteiger partial charge in [-0.1, -0.05) is 0 Å². The van der Waals surface area contributed by atoms with Crippen molar-refractivity contribution in [3.05, 3.63) is 23.5 Å². The highest BCUT2D eigenvalue weighted by atomic mass is 16.1. The molecule has 1 aromatic rings. The quantitative estimate of drug-likeness (QED) is 0.595. The van der Waals surface area contributed by atoms with Gasteiger partial charge in [0, 0.05) is 11.9 Å². The molecule has 0 aliphatic rings. The summed E-state index contributed by atoms with van der Waals surface area (Å²) in [7, 11) is 0. The first kappa shape index (κ1) is 7.53. The Balaban J connectivity index is 3.32. The van der Waals surface area contributed by atoms with E-state index in [-0.39, 0.29) is 0 Å². The van der Waals surface area contributed by atoms with Crippen molar-refractivity contribution in [2.45, 2.75) is 6.92 Å². The van der Waals surface area contributed by atoms with Gasteiger partial charge in [0.25, 0.3) is 5.91 Å². The van der Waals surface area contributed by atoms with Gasteiger partial charge in [-0.15, -0.1) is 0 Å².